The first-order valence-corrected chi connectivity index (χ1v) is 8.80. The van der Waals surface area contributed by atoms with Crippen molar-refractivity contribution in [1.82, 2.24) is 15.6 Å². The number of aromatic nitrogens is 1. The predicted molar refractivity (Wildman–Crippen MR) is 99.0 cm³/mol. The Bertz CT molecular complexity index is 485. The summed E-state index contributed by atoms with van der Waals surface area (Å²) < 4.78 is 0.185. The maximum atomic E-state index is 4.66. The fourth-order valence-corrected chi connectivity index (χ4v) is 1.90. The van der Waals surface area contributed by atoms with Gasteiger partial charge in [-0.3, -0.25) is 0 Å². The van der Waals surface area contributed by atoms with Crippen molar-refractivity contribution in [2.24, 2.45) is 4.99 Å². The summed E-state index contributed by atoms with van der Waals surface area (Å²) in [6, 6.07) is 4.07. The number of anilines is 1. The van der Waals surface area contributed by atoms with E-state index in [1.54, 1.807) is 0 Å². The number of pyridine rings is 1. The molecule has 0 amide bonds. The minimum atomic E-state index is 0.185. The number of nitrogens with zero attached hydrogens (tertiary/aromatic N) is 3. The highest BCUT2D eigenvalue weighted by atomic mass is 32.2. The largest absolute Gasteiger partial charge is 0.363 e. The van der Waals surface area contributed by atoms with Crippen LogP contribution < -0.4 is 15.5 Å². The van der Waals surface area contributed by atoms with E-state index in [9.17, 15) is 0 Å². The van der Waals surface area contributed by atoms with Gasteiger partial charge in [-0.05, 0) is 44.7 Å². The monoisotopic (exact) mass is 323 g/mol. The second kappa shape index (κ2) is 8.88. The standard InChI is InChI=1S/C16H29N5S/c1-7-17-15(20-12-16(2,3)22-6)19-11-13-8-9-18-14(10-13)21(4)5/h8-10H,7,11-12H2,1-6H3,(H2,17,19,20). The molecule has 1 aromatic heterocycles. The average molecular weight is 324 g/mol. The fraction of sp³-hybridized carbons (Fsp3) is 0.625. The molecule has 2 N–H and O–H groups in total. The van der Waals surface area contributed by atoms with Crippen molar-refractivity contribution >= 4 is 23.5 Å². The Morgan fingerprint density at radius 2 is 2.09 bits per heavy atom. The van der Waals surface area contributed by atoms with Crippen molar-refractivity contribution in [2.75, 3.05) is 38.3 Å². The molecular weight excluding hydrogens is 294 g/mol. The molecule has 0 aromatic carbocycles. The van der Waals surface area contributed by atoms with E-state index >= 15 is 0 Å². The Kier molecular flexibility index (Phi) is 7.51. The SMILES string of the molecule is CCNC(=NCc1ccnc(N(C)C)c1)NCC(C)(C)SC. The van der Waals surface area contributed by atoms with Crippen LogP contribution in [0.25, 0.3) is 0 Å². The maximum absolute atomic E-state index is 4.66. The number of aliphatic imine (C=N–C) groups is 1. The van der Waals surface area contributed by atoms with Crippen molar-refractivity contribution in [2.45, 2.75) is 32.1 Å². The number of nitrogens with one attached hydrogen (secondary N) is 2. The average Bonchev–Trinajstić information content (AvgIpc) is 2.50. The highest BCUT2D eigenvalue weighted by molar-refractivity contribution is 7.99. The van der Waals surface area contributed by atoms with Gasteiger partial charge in [0.15, 0.2) is 5.96 Å². The first kappa shape index (κ1) is 18.6. The van der Waals surface area contributed by atoms with Gasteiger partial charge in [0, 0.05) is 38.1 Å². The summed E-state index contributed by atoms with van der Waals surface area (Å²) in [5.41, 5.74) is 1.15. The predicted octanol–water partition coefficient (Wildman–Crippen LogP) is 2.34. The van der Waals surface area contributed by atoms with Crippen molar-refractivity contribution in [3.05, 3.63) is 23.9 Å². The van der Waals surface area contributed by atoms with Crippen LogP contribution in [0, 0.1) is 0 Å². The summed E-state index contributed by atoms with van der Waals surface area (Å²) in [4.78, 5) is 11.0. The first-order chi connectivity index (χ1) is 10.4. The number of guanidine groups is 1. The Morgan fingerprint density at radius 1 is 1.36 bits per heavy atom. The zero-order chi connectivity index (χ0) is 16.6. The smallest absolute Gasteiger partial charge is 0.191 e. The molecule has 0 fully saturated rings. The maximum Gasteiger partial charge on any atom is 0.191 e. The van der Waals surface area contributed by atoms with Crippen LogP contribution in [0.2, 0.25) is 0 Å². The van der Waals surface area contributed by atoms with Crippen LogP contribution in [0.5, 0.6) is 0 Å². The van der Waals surface area contributed by atoms with Gasteiger partial charge in [-0.2, -0.15) is 11.8 Å². The molecule has 0 radical (unpaired) electrons. The van der Waals surface area contributed by atoms with Gasteiger partial charge in [-0.1, -0.05) is 0 Å². The van der Waals surface area contributed by atoms with Crippen molar-refractivity contribution in [3.8, 4) is 0 Å². The van der Waals surface area contributed by atoms with E-state index in [1.165, 1.54) is 0 Å². The molecule has 0 spiro atoms. The molecule has 1 rings (SSSR count). The van der Waals surface area contributed by atoms with Crippen molar-refractivity contribution in [3.63, 3.8) is 0 Å². The van der Waals surface area contributed by atoms with Crippen LogP contribution in [0.3, 0.4) is 0 Å². The molecule has 0 aliphatic carbocycles. The summed E-state index contributed by atoms with van der Waals surface area (Å²) >= 11 is 1.85. The van der Waals surface area contributed by atoms with Crippen molar-refractivity contribution < 1.29 is 0 Å². The number of hydrogen-bond acceptors (Lipinski definition) is 4. The summed E-state index contributed by atoms with van der Waals surface area (Å²) in [7, 11) is 3.98. The first-order valence-electron chi connectivity index (χ1n) is 7.57. The van der Waals surface area contributed by atoms with Gasteiger partial charge in [-0.15, -0.1) is 0 Å². The van der Waals surface area contributed by atoms with E-state index in [0.29, 0.717) is 6.54 Å². The van der Waals surface area contributed by atoms with E-state index in [1.807, 2.05) is 43.0 Å². The van der Waals surface area contributed by atoms with Crippen LogP contribution in [-0.2, 0) is 6.54 Å². The summed E-state index contributed by atoms with van der Waals surface area (Å²) in [6.45, 7) is 8.89. The highest BCUT2D eigenvalue weighted by Crippen LogP contribution is 2.19. The molecule has 124 valence electrons. The molecule has 0 unspecified atom stereocenters. The Morgan fingerprint density at radius 3 is 2.68 bits per heavy atom. The summed E-state index contributed by atoms with van der Waals surface area (Å²) in [6.07, 6.45) is 3.96. The van der Waals surface area contributed by atoms with E-state index in [-0.39, 0.29) is 4.75 Å². The minimum Gasteiger partial charge on any atom is -0.363 e. The molecule has 5 nitrogen and oxygen atoms in total. The zero-order valence-electron chi connectivity index (χ0n) is 14.6. The lowest BCUT2D eigenvalue weighted by Crippen LogP contribution is -2.43. The second-order valence-electron chi connectivity index (χ2n) is 5.93. The summed E-state index contributed by atoms with van der Waals surface area (Å²) in [5, 5.41) is 6.70. The van der Waals surface area contributed by atoms with Gasteiger partial charge in [0.25, 0.3) is 0 Å². The van der Waals surface area contributed by atoms with Crippen LogP contribution in [0.1, 0.15) is 26.3 Å². The second-order valence-corrected chi connectivity index (χ2v) is 7.44. The Balaban J connectivity index is 2.71. The molecule has 6 heteroatoms. The third kappa shape index (κ3) is 6.56. The van der Waals surface area contributed by atoms with Gasteiger partial charge < -0.3 is 15.5 Å². The van der Waals surface area contributed by atoms with E-state index < -0.39 is 0 Å². The van der Waals surface area contributed by atoms with Gasteiger partial charge in [0.05, 0.1) is 6.54 Å². The molecule has 1 heterocycles. The molecular formula is C16H29N5S. The number of rotatable bonds is 7. The molecule has 0 aliphatic rings. The number of thioether (sulfide) groups is 1. The lowest BCUT2D eigenvalue weighted by molar-refractivity contribution is 0.665. The molecule has 22 heavy (non-hydrogen) atoms. The lowest BCUT2D eigenvalue weighted by atomic mass is 10.2. The van der Waals surface area contributed by atoms with Crippen LogP contribution in [-0.4, -0.2) is 49.1 Å². The van der Waals surface area contributed by atoms with Crippen LogP contribution in [0.4, 0.5) is 5.82 Å². The fourth-order valence-electron chi connectivity index (χ4n) is 1.68. The highest BCUT2D eigenvalue weighted by Gasteiger charge is 2.16. The lowest BCUT2D eigenvalue weighted by Gasteiger charge is -2.23. The molecule has 0 aliphatic heterocycles. The van der Waals surface area contributed by atoms with Crippen LogP contribution >= 0.6 is 11.8 Å². The van der Waals surface area contributed by atoms with Gasteiger partial charge in [0.1, 0.15) is 5.82 Å². The topological polar surface area (TPSA) is 52.6 Å². The third-order valence-electron chi connectivity index (χ3n) is 3.27. The summed E-state index contributed by atoms with van der Waals surface area (Å²) in [5.74, 6) is 1.81. The van der Waals surface area contributed by atoms with Crippen LogP contribution in [0.15, 0.2) is 23.3 Å². The quantitative estimate of drug-likeness (QED) is 0.596. The molecule has 1 aromatic rings. The van der Waals surface area contributed by atoms with Crippen molar-refractivity contribution in [1.29, 1.82) is 0 Å². The normalized spacial score (nSPS) is 12.2. The third-order valence-corrected chi connectivity index (χ3v) is 4.52. The van der Waals surface area contributed by atoms with Gasteiger partial charge in [-0.25, -0.2) is 9.98 Å². The van der Waals surface area contributed by atoms with Gasteiger partial charge in [0.2, 0.25) is 0 Å². The zero-order valence-corrected chi connectivity index (χ0v) is 15.4. The molecule has 0 bridgehead atoms. The Hall–Kier alpha value is -1.43. The molecule has 0 saturated heterocycles. The van der Waals surface area contributed by atoms with E-state index in [0.717, 1.165) is 30.4 Å². The Labute approximate surface area is 139 Å². The molecule has 0 saturated carbocycles. The minimum absolute atomic E-state index is 0.185. The number of hydrogen-bond donors (Lipinski definition) is 2. The molecule has 0 atom stereocenters. The van der Waals surface area contributed by atoms with E-state index in [4.69, 9.17) is 0 Å². The van der Waals surface area contributed by atoms with E-state index in [2.05, 4.69) is 53.7 Å². The van der Waals surface area contributed by atoms with Gasteiger partial charge >= 0.3 is 0 Å².